The highest BCUT2D eigenvalue weighted by Crippen LogP contribution is 2.21. The van der Waals surface area contributed by atoms with Crippen molar-refractivity contribution in [3.63, 3.8) is 0 Å². The molecular formula is C17H23NO2S. The monoisotopic (exact) mass is 305 g/mol. The molecule has 0 amide bonds. The van der Waals surface area contributed by atoms with Gasteiger partial charge in [0.25, 0.3) is 0 Å². The summed E-state index contributed by atoms with van der Waals surface area (Å²) in [5, 5.41) is 5.74. The summed E-state index contributed by atoms with van der Waals surface area (Å²) in [6, 6.07) is 14.7. The van der Waals surface area contributed by atoms with Crippen LogP contribution < -0.4 is 5.32 Å². The molecule has 4 heteroatoms. The summed E-state index contributed by atoms with van der Waals surface area (Å²) in [7, 11) is -3.08. The van der Waals surface area contributed by atoms with E-state index in [0.717, 1.165) is 5.56 Å². The predicted octanol–water partition coefficient (Wildman–Crippen LogP) is 3.31. The van der Waals surface area contributed by atoms with Gasteiger partial charge in [0.15, 0.2) is 9.84 Å². The number of sulfone groups is 1. The Bertz CT molecular complexity index is 735. The molecule has 0 spiro atoms. The summed E-state index contributed by atoms with van der Waals surface area (Å²) in [6.07, 6.45) is 1.29. The summed E-state index contributed by atoms with van der Waals surface area (Å²) in [6.45, 7) is 5.99. The van der Waals surface area contributed by atoms with E-state index in [4.69, 9.17) is 0 Å². The van der Waals surface area contributed by atoms with Gasteiger partial charge in [0.2, 0.25) is 0 Å². The highest BCUT2D eigenvalue weighted by atomic mass is 32.2. The van der Waals surface area contributed by atoms with Crippen LogP contribution in [0.1, 0.15) is 32.4 Å². The zero-order valence-corrected chi connectivity index (χ0v) is 13.9. The van der Waals surface area contributed by atoms with Crippen molar-refractivity contribution in [2.75, 3.05) is 12.8 Å². The molecule has 0 fully saturated rings. The number of nitrogens with one attached hydrogen (secondary N) is 1. The molecule has 0 aliphatic carbocycles. The normalized spacial score (nSPS) is 14.3. The lowest BCUT2D eigenvalue weighted by Gasteiger charge is -2.25. The van der Waals surface area contributed by atoms with E-state index in [0.29, 0.717) is 6.54 Å². The van der Waals surface area contributed by atoms with E-state index in [9.17, 15) is 8.42 Å². The van der Waals surface area contributed by atoms with Gasteiger partial charge >= 0.3 is 0 Å². The molecule has 0 heterocycles. The first kappa shape index (κ1) is 16.0. The van der Waals surface area contributed by atoms with Gasteiger partial charge in [-0.1, -0.05) is 36.4 Å². The van der Waals surface area contributed by atoms with E-state index in [1.165, 1.54) is 17.0 Å². The zero-order valence-electron chi connectivity index (χ0n) is 13.1. The van der Waals surface area contributed by atoms with E-state index in [1.54, 1.807) is 13.8 Å². The van der Waals surface area contributed by atoms with Crippen molar-refractivity contribution in [3.05, 3.63) is 48.0 Å². The van der Waals surface area contributed by atoms with Crippen molar-refractivity contribution in [1.29, 1.82) is 0 Å². The number of hydrogen-bond donors (Lipinski definition) is 1. The molecule has 0 aromatic heterocycles. The number of fused-ring (bicyclic) bond motifs is 1. The van der Waals surface area contributed by atoms with E-state index in [-0.39, 0.29) is 6.04 Å². The minimum absolute atomic E-state index is 0.107. The molecule has 0 saturated carbocycles. The smallest absolute Gasteiger partial charge is 0.153 e. The first-order valence-electron chi connectivity index (χ1n) is 7.12. The van der Waals surface area contributed by atoms with Crippen molar-refractivity contribution < 1.29 is 8.42 Å². The summed E-state index contributed by atoms with van der Waals surface area (Å²) in [5.74, 6) is 0. The average molecular weight is 305 g/mol. The average Bonchev–Trinajstić information content (AvgIpc) is 2.43. The maximum absolute atomic E-state index is 11.7. The van der Waals surface area contributed by atoms with Crippen LogP contribution in [0, 0.1) is 0 Å². The molecule has 0 radical (unpaired) electrons. The molecule has 2 aromatic carbocycles. The second-order valence-electron chi connectivity index (χ2n) is 6.24. The van der Waals surface area contributed by atoms with Crippen LogP contribution in [0.5, 0.6) is 0 Å². The lowest BCUT2D eigenvalue weighted by molar-refractivity contribution is 0.489. The minimum atomic E-state index is -3.08. The van der Waals surface area contributed by atoms with Crippen LogP contribution >= 0.6 is 0 Å². The van der Waals surface area contributed by atoms with Crippen molar-refractivity contribution in [2.45, 2.75) is 31.6 Å². The Kier molecular flexibility index (Phi) is 4.40. The van der Waals surface area contributed by atoms with Gasteiger partial charge in [0.05, 0.1) is 4.75 Å². The zero-order chi connectivity index (χ0) is 15.7. The summed E-state index contributed by atoms with van der Waals surface area (Å²) >= 11 is 0. The van der Waals surface area contributed by atoms with Crippen LogP contribution in [0.3, 0.4) is 0 Å². The first-order valence-corrected chi connectivity index (χ1v) is 9.01. The molecule has 0 saturated heterocycles. The molecule has 3 nitrogen and oxygen atoms in total. The van der Waals surface area contributed by atoms with Crippen molar-refractivity contribution in [2.24, 2.45) is 0 Å². The highest BCUT2D eigenvalue weighted by Gasteiger charge is 2.30. The Morgan fingerprint density at radius 1 is 1.10 bits per heavy atom. The van der Waals surface area contributed by atoms with Crippen LogP contribution in [0.15, 0.2) is 42.5 Å². The fourth-order valence-corrected chi connectivity index (χ4v) is 2.47. The molecule has 114 valence electrons. The predicted molar refractivity (Wildman–Crippen MR) is 89.3 cm³/mol. The Morgan fingerprint density at radius 3 is 2.33 bits per heavy atom. The van der Waals surface area contributed by atoms with Crippen LogP contribution in [0.2, 0.25) is 0 Å². The molecule has 2 aromatic rings. The SMILES string of the molecule is CC(NCC(C)(C)S(C)(=O)=O)c1ccc2ccccc2c1. The van der Waals surface area contributed by atoms with E-state index in [2.05, 4.69) is 42.6 Å². The van der Waals surface area contributed by atoms with Gasteiger partial charge < -0.3 is 5.32 Å². The fraction of sp³-hybridized carbons (Fsp3) is 0.412. The summed E-state index contributed by atoms with van der Waals surface area (Å²) in [5.41, 5.74) is 1.16. The van der Waals surface area contributed by atoms with Gasteiger partial charge in [-0.3, -0.25) is 0 Å². The Labute approximate surface area is 127 Å². The quantitative estimate of drug-likeness (QED) is 0.922. The van der Waals surface area contributed by atoms with Gasteiger partial charge in [-0.15, -0.1) is 0 Å². The van der Waals surface area contributed by atoms with Gasteiger partial charge in [0, 0.05) is 18.8 Å². The third-order valence-electron chi connectivity index (χ3n) is 4.11. The third kappa shape index (κ3) is 3.63. The topological polar surface area (TPSA) is 46.2 Å². The number of hydrogen-bond acceptors (Lipinski definition) is 3. The fourth-order valence-electron chi connectivity index (χ4n) is 2.12. The molecule has 0 aliphatic heterocycles. The van der Waals surface area contributed by atoms with Gasteiger partial charge in [0.1, 0.15) is 0 Å². The molecule has 1 unspecified atom stereocenters. The molecule has 1 atom stereocenters. The standard InChI is InChI=1S/C17H23NO2S/c1-13(18-12-17(2,3)21(4,19)20)15-10-9-14-7-5-6-8-16(14)11-15/h5-11,13,18H,12H2,1-4H3. The number of rotatable bonds is 5. The third-order valence-corrected chi connectivity index (χ3v) is 6.26. The maximum Gasteiger partial charge on any atom is 0.153 e. The van der Waals surface area contributed by atoms with Gasteiger partial charge in [-0.25, -0.2) is 8.42 Å². The van der Waals surface area contributed by atoms with Gasteiger partial charge in [-0.2, -0.15) is 0 Å². The largest absolute Gasteiger partial charge is 0.309 e. The Morgan fingerprint density at radius 2 is 1.71 bits per heavy atom. The molecule has 1 N–H and O–H groups in total. The van der Waals surface area contributed by atoms with E-state index < -0.39 is 14.6 Å². The van der Waals surface area contributed by atoms with Crippen molar-refractivity contribution in [1.82, 2.24) is 5.32 Å². The van der Waals surface area contributed by atoms with Crippen LogP contribution in [0.25, 0.3) is 10.8 Å². The van der Waals surface area contributed by atoms with Crippen molar-refractivity contribution in [3.8, 4) is 0 Å². The second-order valence-corrected chi connectivity index (χ2v) is 8.89. The van der Waals surface area contributed by atoms with Crippen LogP contribution in [0.4, 0.5) is 0 Å². The Hall–Kier alpha value is -1.39. The molecule has 0 bridgehead atoms. The molecule has 2 rings (SSSR count). The summed E-state index contributed by atoms with van der Waals surface area (Å²) < 4.78 is 22.7. The number of benzene rings is 2. The second kappa shape index (κ2) is 5.78. The molecular weight excluding hydrogens is 282 g/mol. The molecule has 0 aliphatic rings. The maximum atomic E-state index is 11.7. The first-order chi connectivity index (χ1) is 9.71. The molecule has 21 heavy (non-hydrogen) atoms. The minimum Gasteiger partial charge on any atom is -0.309 e. The lowest BCUT2D eigenvalue weighted by Crippen LogP contribution is -2.42. The summed E-state index contributed by atoms with van der Waals surface area (Å²) in [4.78, 5) is 0. The van der Waals surface area contributed by atoms with Crippen LogP contribution in [-0.4, -0.2) is 26.0 Å². The van der Waals surface area contributed by atoms with Crippen molar-refractivity contribution >= 4 is 20.6 Å². The van der Waals surface area contributed by atoms with Crippen LogP contribution in [-0.2, 0) is 9.84 Å². The van der Waals surface area contributed by atoms with E-state index in [1.807, 2.05) is 12.1 Å². The Balaban J connectivity index is 2.14. The lowest BCUT2D eigenvalue weighted by atomic mass is 10.0. The van der Waals surface area contributed by atoms with E-state index >= 15 is 0 Å². The highest BCUT2D eigenvalue weighted by molar-refractivity contribution is 7.92. The van der Waals surface area contributed by atoms with Gasteiger partial charge in [-0.05, 0) is 43.2 Å².